The van der Waals surface area contributed by atoms with Crippen LogP contribution in [0, 0.1) is 11.8 Å². The van der Waals surface area contributed by atoms with E-state index in [9.17, 15) is 0 Å². The lowest BCUT2D eigenvalue weighted by atomic mass is 10.1. The topological polar surface area (TPSA) is 34.1 Å². The number of hydrogen-bond acceptors (Lipinski definition) is 4. The van der Waals surface area contributed by atoms with E-state index in [1.165, 1.54) is 6.42 Å². The van der Waals surface area contributed by atoms with E-state index < -0.39 is 0 Å². The van der Waals surface area contributed by atoms with Crippen LogP contribution in [0.2, 0.25) is 0 Å². The molecule has 0 bridgehead atoms. The fraction of sp³-hybridized carbons (Fsp3) is 0.800. The van der Waals surface area contributed by atoms with Gasteiger partial charge in [-0.2, -0.15) is 0 Å². The van der Waals surface area contributed by atoms with Crippen molar-refractivity contribution in [2.24, 2.45) is 11.8 Å². The van der Waals surface area contributed by atoms with Gasteiger partial charge < -0.3 is 10.1 Å². The first-order chi connectivity index (χ1) is 9.08. The Bertz CT molecular complexity index is 337. The number of hydrogen-bond donors (Lipinski definition) is 1. The quantitative estimate of drug-likeness (QED) is 0.663. The lowest BCUT2D eigenvalue weighted by Gasteiger charge is -2.05. The van der Waals surface area contributed by atoms with Crippen molar-refractivity contribution < 1.29 is 4.74 Å². The Labute approximate surface area is 121 Å². The molecular formula is C15H28N2OS. The summed E-state index contributed by atoms with van der Waals surface area (Å²) >= 11 is 1.72. The Morgan fingerprint density at radius 2 is 2.05 bits per heavy atom. The van der Waals surface area contributed by atoms with Crippen molar-refractivity contribution in [3.8, 4) is 0 Å². The fourth-order valence-corrected chi connectivity index (χ4v) is 2.48. The summed E-state index contributed by atoms with van der Waals surface area (Å²) in [6.45, 7) is 12.3. The van der Waals surface area contributed by atoms with Gasteiger partial charge in [0.1, 0.15) is 5.01 Å². The zero-order chi connectivity index (χ0) is 14.1. The van der Waals surface area contributed by atoms with Gasteiger partial charge in [0.15, 0.2) is 0 Å². The summed E-state index contributed by atoms with van der Waals surface area (Å²) in [5.74, 6) is 1.45. The lowest BCUT2D eigenvalue weighted by Crippen LogP contribution is -2.18. The van der Waals surface area contributed by atoms with E-state index in [2.05, 4.69) is 43.4 Å². The van der Waals surface area contributed by atoms with Crippen LogP contribution in [-0.4, -0.2) is 18.1 Å². The van der Waals surface area contributed by atoms with E-state index in [1.54, 1.807) is 11.3 Å². The van der Waals surface area contributed by atoms with Crippen LogP contribution in [0.1, 0.15) is 51.2 Å². The molecule has 110 valence electrons. The van der Waals surface area contributed by atoms with Gasteiger partial charge >= 0.3 is 0 Å². The molecule has 0 saturated carbocycles. The molecule has 0 unspecified atom stereocenters. The monoisotopic (exact) mass is 284 g/mol. The van der Waals surface area contributed by atoms with Crippen LogP contribution in [0.25, 0.3) is 0 Å². The molecule has 0 fully saturated rings. The number of ether oxygens (including phenoxy) is 1. The lowest BCUT2D eigenvalue weighted by molar-refractivity contribution is 0.112. The summed E-state index contributed by atoms with van der Waals surface area (Å²) in [6, 6.07) is 0. The molecule has 0 radical (unpaired) electrons. The van der Waals surface area contributed by atoms with Crippen LogP contribution in [0.5, 0.6) is 0 Å². The molecule has 19 heavy (non-hydrogen) atoms. The summed E-state index contributed by atoms with van der Waals surface area (Å²) in [5.41, 5.74) is 1.07. The highest BCUT2D eigenvalue weighted by molar-refractivity contribution is 7.09. The molecular weight excluding hydrogens is 256 g/mol. The van der Waals surface area contributed by atoms with E-state index in [4.69, 9.17) is 4.74 Å². The first kappa shape index (κ1) is 16.6. The van der Waals surface area contributed by atoms with Crippen LogP contribution in [-0.2, 0) is 17.9 Å². The Balaban J connectivity index is 2.12. The van der Waals surface area contributed by atoms with Crippen LogP contribution < -0.4 is 5.32 Å². The molecule has 1 aromatic heterocycles. The molecule has 0 aliphatic carbocycles. The van der Waals surface area contributed by atoms with Crippen LogP contribution in [0.3, 0.4) is 0 Å². The zero-order valence-corrected chi connectivity index (χ0v) is 13.6. The molecule has 1 heterocycles. The van der Waals surface area contributed by atoms with Crippen LogP contribution in [0.4, 0.5) is 0 Å². The van der Waals surface area contributed by atoms with Crippen LogP contribution >= 0.6 is 11.3 Å². The van der Waals surface area contributed by atoms with Crippen molar-refractivity contribution in [1.82, 2.24) is 10.3 Å². The third-order valence-corrected chi connectivity index (χ3v) is 3.65. The van der Waals surface area contributed by atoms with Crippen molar-refractivity contribution in [3.05, 3.63) is 16.1 Å². The van der Waals surface area contributed by atoms with Crippen molar-refractivity contribution in [2.75, 3.05) is 13.2 Å². The number of thiazole rings is 1. The molecule has 0 aromatic carbocycles. The van der Waals surface area contributed by atoms with Gasteiger partial charge in [-0.05, 0) is 31.2 Å². The van der Waals surface area contributed by atoms with Gasteiger partial charge in [0.05, 0.1) is 12.3 Å². The molecule has 0 aliphatic heterocycles. The molecule has 1 rings (SSSR count). The van der Waals surface area contributed by atoms with Gasteiger partial charge in [-0.1, -0.05) is 27.7 Å². The van der Waals surface area contributed by atoms with E-state index in [0.717, 1.165) is 42.7 Å². The number of aromatic nitrogens is 1. The van der Waals surface area contributed by atoms with Gasteiger partial charge in [0.2, 0.25) is 0 Å². The first-order valence-electron chi connectivity index (χ1n) is 7.29. The Morgan fingerprint density at radius 1 is 1.26 bits per heavy atom. The molecule has 0 saturated heterocycles. The molecule has 3 nitrogen and oxygen atoms in total. The summed E-state index contributed by atoms with van der Waals surface area (Å²) in [7, 11) is 0. The SMILES string of the molecule is CC(C)CCCOCc1csc(CNCC(C)C)n1. The second-order valence-corrected chi connectivity index (χ2v) is 6.79. The normalized spacial score (nSPS) is 11.7. The number of nitrogens with zero attached hydrogens (tertiary/aromatic N) is 1. The predicted octanol–water partition coefficient (Wildman–Crippen LogP) is 3.84. The second-order valence-electron chi connectivity index (χ2n) is 5.85. The maximum atomic E-state index is 5.65. The first-order valence-corrected chi connectivity index (χ1v) is 8.17. The van der Waals surface area contributed by atoms with Gasteiger partial charge in [0, 0.05) is 18.5 Å². The summed E-state index contributed by atoms with van der Waals surface area (Å²) < 4.78 is 5.65. The van der Waals surface area contributed by atoms with Gasteiger partial charge in [-0.3, -0.25) is 0 Å². The highest BCUT2D eigenvalue weighted by atomic mass is 32.1. The Kier molecular flexibility index (Phi) is 8.26. The van der Waals surface area contributed by atoms with Gasteiger partial charge in [-0.15, -0.1) is 11.3 Å². The predicted molar refractivity (Wildman–Crippen MR) is 82.4 cm³/mol. The van der Waals surface area contributed by atoms with E-state index in [0.29, 0.717) is 12.5 Å². The smallest absolute Gasteiger partial charge is 0.107 e. The summed E-state index contributed by atoms with van der Waals surface area (Å²) in [4.78, 5) is 4.57. The van der Waals surface area contributed by atoms with Gasteiger partial charge in [-0.25, -0.2) is 4.98 Å². The molecule has 0 spiro atoms. The molecule has 0 amide bonds. The Morgan fingerprint density at radius 3 is 2.74 bits per heavy atom. The van der Waals surface area contributed by atoms with Crippen molar-refractivity contribution >= 4 is 11.3 Å². The van der Waals surface area contributed by atoms with Crippen molar-refractivity contribution in [3.63, 3.8) is 0 Å². The maximum absolute atomic E-state index is 5.65. The average molecular weight is 284 g/mol. The number of nitrogens with one attached hydrogen (secondary N) is 1. The van der Waals surface area contributed by atoms with E-state index in [-0.39, 0.29) is 0 Å². The minimum absolute atomic E-state index is 0.652. The fourth-order valence-electron chi connectivity index (χ4n) is 1.73. The highest BCUT2D eigenvalue weighted by Gasteiger charge is 2.03. The largest absolute Gasteiger partial charge is 0.375 e. The van der Waals surface area contributed by atoms with Crippen molar-refractivity contribution in [2.45, 2.75) is 53.7 Å². The number of rotatable bonds is 10. The Hall–Kier alpha value is -0.450. The molecule has 1 aromatic rings. The molecule has 0 atom stereocenters. The van der Waals surface area contributed by atoms with Crippen molar-refractivity contribution in [1.29, 1.82) is 0 Å². The van der Waals surface area contributed by atoms with E-state index >= 15 is 0 Å². The highest BCUT2D eigenvalue weighted by Crippen LogP contribution is 2.11. The van der Waals surface area contributed by atoms with Crippen LogP contribution in [0.15, 0.2) is 5.38 Å². The molecule has 1 N–H and O–H groups in total. The summed E-state index contributed by atoms with van der Waals surface area (Å²) in [6.07, 6.45) is 2.38. The maximum Gasteiger partial charge on any atom is 0.107 e. The summed E-state index contributed by atoms with van der Waals surface area (Å²) in [5, 5.41) is 6.67. The average Bonchev–Trinajstić information content (AvgIpc) is 2.76. The molecule has 4 heteroatoms. The minimum atomic E-state index is 0.652. The third-order valence-electron chi connectivity index (χ3n) is 2.75. The minimum Gasteiger partial charge on any atom is -0.375 e. The third kappa shape index (κ3) is 8.35. The molecule has 0 aliphatic rings. The standard InChI is InChI=1S/C15H28N2OS/c1-12(2)6-5-7-18-10-14-11-19-15(17-14)9-16-8-13(3)4/h11-13,16H,5-10H2,1-4H3. The zero-order valence-electron chi connectivity index (χ0n) is 12.7. The van der Waals surface area contributed by atoms with E-state index in [1.807, 2.05) is 0 Å². The van der Waals surface area contributed by atoms with Gasteiger partial charge in [0.25, 0.3) is 0 Å². The second kappa shape index (κ2) is 9.45.